The molecule has 1 aliphatic rings. The SMILES string of the molecule is CCC(N)Cc1cn(CC2CCCO2)c2ncccc12. The normalized spacial score (nSPS) is 20.6. The molecule has 1 aliphatic heterocycles. The molecule has 3 rings (SSSR count). The highest BCUT2D eigenvalue weighted by atomic mass is 16.5. The molecule has 108 valence electrons. The van der Waals surface area contributed by atoms with Crippen LogP contribution in [0, 0.1) is 0 Å². The smallest absolute Gasteiger partial charge is 0.140 e. The molecule has 2 aromatic rings. The Hall–Kier alpha value is -1.39. The van der Waals surface area contributed by atoms with Crippen molar-refractivity contribution in [3.05, 3.63) is 30.1 Å². The molecule has 1 fully saturated rings. The summed E-state index contributed by atoms with van der Waals surface area (Å²) in [6.07, 6.45) is 8.64. The van der Waals surface area contributed by atoms with Crippen molar-refractivity contribution in [2.75, 3.05) is 6.61 Å². The molecule has 2 atom stereocenters. The second-order valence-corrected chi connectivity index (χ2v) is 5.69. The Labute approximate surface area is 119 Å². The quantitative estimate of drug-likeness (QED) is 0.910. The van der Waals surface area contributed by atoms with E-state index in [2.05, 4.69) is 28.7 Å². The van der Waals surface area contributed by atoms with Crippen LogP contribution in [-0.4, -0.2) is 28.3 Å². The van der Waals surface area contributed by atoms with Crippen LogP contribution in [0.3, 0.4) is 0 Å². The molecule has 0 aliphatic carbocycles. The number of pyridine rings is 1. The average Bonchev–Trinajstić information content (AvgIpc) is 3.09. The van der Waals surface area contributed by atoms with Gasteiger partial charge in [0.05, 0.1) is 12.6 Å². The Morgan fingerprint density at radius 2 is 2.45 bits per heavy atom. The van der Waals surface area contributed by atoms with Gasteiger partial charge in [-0.3, -0.25) is 0 Å². The van der Waals surface area contributed by atoms with Gasteiger partial charge in [-0.25, -0.2) is 4.98 Å². The fourth-order valence-corrected chi connectivity index (χ4v) is 2.93. The van der Waals surface area contributed by atoms with Gasteiger partial charge in [0.2, 0.25) is 0 Å². The molecule has 20 heavy (non-hydrogen) atoms. The molecule has 0 saturated carbocycles. The summed E-state index contributed by atoms with van der Waals surface area (Å²) in [7, 11) is 0. The van der Waals surface area contributed by atoms with Crippen LogP contribution in [0.1, 0.15) is 31.7 Å². The Kier molecular flexibility index (Phi) is 4.03. The van der Waals surface area contributed by atoms with Crippen molar-refractivity contribution in [2.45, 2.75) is 51.3 Å². The van der Waals surface area contributed by atoms with E-state index in [0.717, 1.165) is 38.1 Å². The van der Waals surface area contributed by atoms with E-state index >= 15 is 0 Å². The third-order valence-electron chi connectivity index (χ3n) is 4.15. The zero-order valence-electron chi connectivity index (χ0n) is 12.1. The molecule has 0 aromatic carbocycles. The van der Waals surface area contributed by atoms with Crippen molar-refractivity contribution in [2.24, 2.45) is 5.73 Å². The van der Waals surface area contributed by atoms with Crippen LogP contribution < -0.4 is 5.73 Å². The van der Waals surface area contributed by atoms with Gasteiger partial charge >= 0.3 is 0 Å². The zero-order valence-corrected chi connectivity index (χ0v) is 12.1. The number of aromatic nitrogens is 2. The monoisotopic (exact) mass is 273 g/mol. The predicted molar refractivity (Wildman–Crippen MR) is 80.7 cm³/mol. The maximum Gasteiger partial charge on any atom is 0.140 e. The van der Waals surface area contributed by atoms with Gasteiger partial charge in [-0.1, -0.05) is 6.92 Å². The number of fused-ring (bicyclic) bond motifs is 1. The van der Waals surface area contributed by atoms with E-state index in [9.17, 15) is 0 Å². The minimum absolute atomic E-state index is 0.219. The summed E-state index contributed by atoms with van der Waals surface area (Å²) in [4.78, 5) is 4.54. The molecule has 0 radical (unpaired) electrons. The molecular weight excluding hydrogens is 250 g/mol. The van der Waals surface area contributed by atoms with Gasteiger partial charge in [0.15, 0.2) is 0 Å². The summed E-state index contributed by atoms with van der Waals surface area (Å²) in [5, 5.41) is 1.23. The first-order valence-electron chi connectivity index (χ1n) is 7.58. The van der Waals surface area contributed by atoms with Crippen LogP contribution >= 0.6 is 0 Å². The van der Waals surface area contributed by atoms with E-state index in [1.807, 2.05) is 12.3 Å². The first-order chi connectivity index (χ1) is 9.78. The number of nitrogens with two attached hydrogens (primary N) is 1. The standard InChI is InChI=1S/C16H23N3O/c1-2-13(17)9-12-10-19(11-14-5-4-8-20-14)16-15(12)6-3-7-18-16/h3,6-7,10,13-14H,2,4-5,8-9,11,17H2,1H3. The molecule has 1 saturated heterocycles. The lowest BCUT2D eigenvalue weighted by atomic mass is 10.1. The summed E-state index contributed by atoms with van der Waals surface area (Å²) in [6, 6.07) is 4.36. The second kappa shape index (κ2) is 5.94. The fraction of sp³-hybridized carbons (Fsp3) is 0.562. The van der Waals surface area contributed by atoms with Gasteiger partial charge < -0.3 is 15.0 Å². The minimum atomic E-state index is 0.219. The molecule has 2 N–H and O–H groups in total. The first kappa shape index (κ1) is 13.6. The lowest BCUT2D eigenvalue weighted by Crippen LogP contribution is -2.21. The maximum atomic E-state index is 6.11. The summed E-state index contributed by atoms with van der Waals surface area (Å²) in [5.74, 6) is 0. The molecule has 0 amide bonds. The van der Waals surface area contributed by atoms with Crippen LogP contribution in [0.25, 0.3) is 11.0 Å². The van der Waals surface area contributed by atoms with Crippen molar-refractivity contribution < 1.29 is 4.74 Å². The summed E-state index contributed by atoms with van der Waals surface area (Å²) in [5.41, 5.74) is 8.48. The van der Waals surface area contributed by atoms with Gasteiger partial charge in [0, 0.05) is 30.4 Å². The highest BCUT2D eigenvalue weighted by Crippen LogP contribution is 2.23. The predicted octanol–water partition coefficient (Wildman–Crippen LogP) is 2.50. The lowest BCUT2D eigenvalue weighted by Gasteiger charge is -2.11. The fourth-order valence-electron chi connectivity index (χ4n) is 2.93. The van der Waals surface area contributed by atoms with Crippen LogP contribution in [-0.2, 0) is 17.7 Å². The third-order valence-corrected chi connectivity index (χ3v) is 4.15. The van der Waals surface area contributed by atoms with E-state index in [0.29, 0.717) is 6.10 Å². The first-order valence-corrected chi connectivity index (χ1v) is 7.58. The minimum Gasteiger partial charge on any atom is -0.376 e. The van der Waals surface area contributed by atoms with Gasteiger partial charge in [0.25, 0.3) is 0 Å². The molecule has 0 bridgehead atoms. The third kappa shape index (κ3) is 2.72. The van der Waals surface area contributed by atoms with Crippen LogP contribution in [0.2, 0.25) is 0 Å². The molecule has 2 aromatic heterocycles. The van der Waals surface area contributed by atoms with E-state index in [1.165, 1.54) is 17.4 Å². The molecule has 0 spiro atoms. The van der Waals surface area contributed by atoms with Crippen LogP contribution in [0.15, 0.2) is 24.5 Å². The van der Waals surface area contributed by atoms with E-state index in [4.69, 9.17) is 10.5 Å². The van der Waals surface area contributed by atoms with Crippen molar-refractivity contribution in [3.8, 4) is 0 Å². The van der Waals surface area contributed by atoms with Gasteiger partial charge in [-0.15, -0.1) is 0 Å². The summed E-state index contributed by atoms with van der Waals surface area (Å²) in [6.45, 7) is 3.92. The Morgan fingerprint density at radius 1 is 1.55 bits per heavy atom. The summed E-state index contributed by atoms with van der Waals surface area (Å²) >= 11 is 0. The number of rotatable bonds is 5. The van der Waals surface area contributed by atoms with Gasteiger partial charge in [0.1, 0.15) is 5.65 Å². The largest absolute Gasteiger partial charge is 0.376 e. The number of ether oxygens (including phenoxy) is 1. The Balaban J connectivity index is 1.90. The average molecular weight is 273 g/mol. The molecule has 2 unspecified atom stereocenters. The van der Waals surface area contributed by atoms with Gasteiger partial charge in [-0.05, 0) is 43.4 Å². The van der Waals surface area contributed by atoms with Crippen molar-refractivity contribution in [3.63, 3.8) is 0 Å². The molecule has 4 nitrogen and oxygen atoms in total. The van der Waals surface area contributed by atoms with Crippen molar-refractivity contribution in [1.29, 1.82) is 0 Å². The summed E-state index contributed by atoms with van der Waals surface area (Å²) < 4.78 is 7.98. The van der Waals surface area contributed by atoms with E-state index < -0.39 is 0 Å². The molecule has 3 heterocycles. The van der Waals surface area contributed by atoms with E-state index in [1.54, 1.807) is 0 Å². The van der Waals surface area contributed by atoms with E-state index in [-0.39, 0.29) is 6.04 Å². The number of nitrogens with zero attached hydrogens (tertiary/aromatic N) is 2. The Morgan fingerprint density at radius 3 is 3.20 bits per heavy atom. The number of hydrogen-bond acceptors (Lipinski definition) is 3. The highest BCUT2D eigenvalue weighted by Gasteiger charge is 2.18. The molecule has 4 heteroatoms. The Bertz CT molecular complexity index is 572. The van der Waals surface area contributed by atoms with Crippen LogP contribution in [0.5, 0.6) is 0 Å². The van der Waals surface area contributed by atoms with Crippen molar-refractivity contribution in [1.82, 2.24) is 9.55 Å². The maximum absolute atomic E-state index is 6.11. The van der Waals surface area contributed by atoms with Crippen molar-refractivity contribution >= 4 is 11.0 Å². The molecular formula is C16H23N3O. The number of hydrogen-bond donors (Lipinski definition) is 1. The highest BCUT2D eigenvalue weighted by molar-refractivity contribution is 5.80. The van der Waals surface area contributed by atoms with Gasteiger partial charge in [-0.2, -0.15) is 0 Å². The van der Waals surface area contributed by atoms with Crippen LogP contribution in [0.4, 0.5) is 0 Å². The lowest BCUT2D eigenvalue weighted by molar-refractivity contribution is 0.0979. The topological polar surface area (TPSA) is 53.1 Å². The zero-order chi connectivity index (χ0) is 13.9. The second-order valence-electron chi connectivity index (χ2n) is 5.69.